The van der Waals surface area contributed by atoms with E-state index in [4.69, 9.17) is 0 Å². The first kappa shape index (κ1) is 9.54. The molecular formula is C8H12N4OS. The number of nitrogens with zero attached hydrogens (tertiary/aromatic N) is 2. The van der Waals surface area contributed by atoms with Gasteiger partial charge >= 0.3 is 0 Å². The van der Waals surface area contributed by atoms with Crippen molar-refractivity contribution in [3.8, 4) is 0 Å². The van der Waals surface area contributed by atoms with E-state index in [9.17, 15) is 4.79 Å². The van der Waals surface area contributed by atoms with Crippen LogP contribution < -0.4 is 10.6 Å². The van der Waals surface area contributed by atoms with E-state index in [1.807, 2.05) is 0 Å². The van der Waals surface area contributed by atoms with Gasteiger partial charge < -0.3 is 10.6 Å². The highest BCUT2D eigenvalue weighted by Crippen LogP contribution is 2.15. The third kappa shape index (κ3) is 2.27. The van der Waals surface area contributed by atoms with E-state index >= 15 is 0 Å². The number of piperidine rings is 1. The monoisotopic (exact) mass is 212 g/mol. The molecule has 0 spiro atoms. The molecule has 1 amide bonds. The first-order valence-electron chi connectivity index (χ1n) is 4.64. The number of carbonyl (C=O) groups is 1. The number of aromatic nitrogens is 2. The Balaban J connectivity index is 1.88. The Morgan fingerprint density at radius 1 is 1.57 bits per heavy atom. The maximum atomic E-state index is 11.7. The highest BCUT2D eigenvalue weighted by Gasteiger charge is 2.21. The first-order valence-corrected chi connectivity index (χ1v) is 5.52. The van der Waals surface area contributed by atoms with E-state index in [1.165, 1.54) is 11.3 Å². The first-order chi connectivity index (χ1) is 6.86. The van der Waals surface area contributed by atoms with Crippen LogP contribution in [0.2, 0.25) is 0 Å². The van der Waals surface area contributed by atoms with Crippen LogP contribution in [0.15, 0.2) is 5.51 Å². The van der Waals surface area contributed by atoms with Gasteiger partial charge in [-0.2, -0.15) is 0 Å². The topological polar surface area (TPSA) is 66.9 Å². The van der Waals surface area contributed by atoms with Gasteiger partial charge in [0.2, 0.25) is 11.0 Å². The summed E-state index contributed by atoms with van der Waals surface area (Å²) in [5, 5.41) is 14.0. The summed E-state index contributed by atoms with van der Waals surface area (Å²) in [6.45, 7) is 1.85. The van der Waals surface area contributed by atoms with Crippen molar-refractivity contribution < 1.29 is 4.79 Å². The molecule has 1 fully saturated rings. The molecule has 2 rings (SSSR count). The van der Waals surface area contributed by atoms with Gasteiger partial charge in [0.25, 0.3) is 0 Å². The standard InChI is InChI=1S/C8H12N4OS/c13-7(6-1-3-9-4-2-6)11-8-12-10-5-14-8/h5-6,9H,1-4H2,(H,11,12,13). The lowest BCUT2D eigenvalue weighted by Gasteiger charge is -2.20. The number of amides is 1. The van der Waals surface area contributed by atoms with Crippen molar-refractivity contribution in [2.45, 2.75) is 12.8 Å². The zero-order valence-electron chi connectivity index (χ0n) is 7.69. The van der Waals surface area contributed by atoms with Gasteiger partial charge in [-0.25, -0.2) is 0 Å². The van der Waals surface area contributed by atoms with Gasteiger partial charge in [-0.15, -0.1) is 10.2 Å². The summed E-state index contributed by atoms with van der Waals surface area (Å²) in [4.78, 5) is 11.7. The molecule has 0 unspecified atom stereocenters. The Morgan fingerprint density at radius 2 is 2.36 bits per heavy atom. The van der Waals surface area contributed by atoms with Crippen LogP contribution in [-0.2, 0) is 4.79 Å². The van der Waals surface area contributed by atoms with Gasteiger partial charge in [0.1, 0.15) is 5.51 Å². The molecule has 1 aliphatic heterocycles. The molecule has 2 heterocycles. The number of anilines is 1. The Kier molecular flexibility index (Phi) is 3.05. The minimum atomic E-state index is 0.0725. The normalized spacial score (nSPS) is 18.0. The third-order valence-electron chi connectivity index (χ3n) is 2.30. The molecule has 0 atom stereocenters. The van der Waals surface area contributed by atoms with E-state index in [0.29, 0.717) is 5.13 Å². The lowest BCUT2D eigenvalue weighted by Crippen LogP contribution is -2.34. The van der Waals surface area contributed by atoms with Crippen molar-refractivity contribution in [1.29, 1.82) is 0 Å². The molecule has 0 bridgehead atoms. The zero-order chi connectivity index (χ0) is 9.80. The Bertz CT molecular complexity index is 294. The number of nitrogens with one attached hydrogen (secondary N) is 2. The second-order valence-electron chi connectivity index (χ2n) is 3.26. The molecule has 0 saturated carbocycles. The SMILES string of the molecule is O=C(Nc1nncs1)C1CCNCC1. The molecule has 6 heteroatoms. The summed E-state index contributed by atoms with van der Waals surface area (Å²) < 4.78 is 0. The fraction of sp³-hybridized carbons (Fsp3) is 0.625. The highest BCUT2D eigenvalue weighted by molar-refractivity contribution is 7.13. The predicted molar refractivity (Wildman–Crippen MR) is 54.1 cm³/mol. The second kappa shape index (κ2) is 4.47. The van der Waals surface area contributed by atoms with Gasteiger partial charge in [0.05, 0.1) is 0 Å². The van der Waals surface area contributed by atoms with Crippen molar-refractivity contribution in [2.75, 3.05) is 18.4 Å². The molecule has 76 valence electrons. The minimum Gasteiger partial charge on any atom is -0.317 e. The van der Waals surface area contributed by atoms with E-state index in [-0.39, 0.29) is 11.8 Å². The lowest BCUT2D eigenvalue weighted by atomic mass is 9.97. The van der Waals surface area contributed by atoms with Crippen molar-refractivity contribution in [1.82, 2.24) is 15.5 Å². The Labute approximate surface area is 85.9 Å². The second-order valence-corrected chi connectivity index (χ2v) is 4.09. The van der Waals surface area contributed by atoms with E-state index in [0.717, 1.165) is 25.9 Å². The number of hydrogen-bond donors (Lipinski definition) is 2. The van der Waals surface area contributed by atoms with Crippen molar-refractivity contribution >= 4 is 22.4 Å². The highest BCUT2D eigenvalue weighted by atomic mass is 32.1. The van der Waals surface area contributed by atoms with Crippen LogP contribution in [0.1, 0.15) is 12.8 Å². The fourth-order valence-electron chi connectivity index (χ4n) is 1.52. The summed E-state index contributed by atoms with van der Waals surface area (Å²) >= 11 is 1.35. The molecule has 1 aromatic heterocycles. The molecule has 1 aliphatic rings. The van der Waals surface area contributed by atoms with Gasteiger partial charge in [-0.05, 0) is 25.9 Å². The van der Waals surface area contributed by atoms with Gasteiger partial charge in [-0.3, -0.25) is 4.79 Å². The summed E-state index contributed by atoms with van der Waals surface area (Å²) in [5.41, 5.74) is 1.61. The average Bonchev–Trinajstić information content (AvgIpc) is 2.72. The van der Waals surface area contributed by atoms with Gasteiger partial charge in [-0.1, -0.05) is 11.3 Å². The van der Waals surface area contributed by atoms with Crippen LogP contribution in [0.5, 0.6) is 0 Å². The van der Waals surface area contributed by atoms with E-state index < -0.39 is 0 Å². The molecule has 5 nitrogen and oxygen atoms in total. The van der Waals surface area contributed by atoms with Crippen LogP contribution in [-0.4, -0.2) is 29.2 Å². The molecule has 0 radical (unpaired) electrons. The average molecular weight is 212 g/mol. The quantitative estimate of drug-likeness (QED) is 0.748. The third-order valence-corrected chi connectivity index (χ3v) is 2.91. The van der Waals surface area contributed by atoms with Gasteiger partial charge in [0.15, 0.2) is 0 Å². The predicted octanol–water partition coefficient (Wildman–Crippen LogP) is 0.476. The molecular weight excluding hydrogens is 200 g/mol. The summed E-state index contributed by atoms with van der Waals surface area (Å²) in [7, 11) is 0. The number of rotatable bonds is 2. The summed E-state index contributed by atoms with van der Waals surface area (Å²) in [6, 6.07) is 0. The van der Waals surface area contributed by atoms with Crippen LogP contribution >= 0.6 is 11.3 Å². The Hall–Kier alpha value is -1.01. The van der Waals surface area contributed by atoms with E-state index in [2.05, 4.69) is 20.8 Å². The Morgan fingerprint density at radius 3 is 3.00 bits per heavy atom. The van der Waals surface area contributed by atoms with Crippen LogP contribution in [0, 0.1) is 5.92 Å². The molecule has 2 N–H and O–H groups in total. The summed E-state index contributed by atoms with van der Waals surface area (Å²) in [6.07, 6.45) is 1.81. The van der Waals surface area contributed by atoms with E-state index in [1.54, 1.807) is 5.51 Å². The van der Waals surface area contributed by atoms with Crippen LogP contribution in [0.25, 0.3) is 0 Å². The molecule has 14 heavy (non-hydrogen) atoms. The van der Waals surface area contributed by atoms with Crippen LogP contribution in [0.4, 0.5) is 5.13 Å². The maximum absolute atomic E-state index is 11.7. The molecule has 0 aromatic carbocycles. The minimum absolute atomic E-state index is 0.0725. The smallest absolute Gasteiger partial charge is 0.229 e. The zero-order valence-corrected chi connectivity index (χ0v) is 8.51. The molecule has 1 saturated heterocycles. The fourth-order valence-corrected chi connectivity index (χ4v) is 1.97. The van der Waals surface area contributed by atoms with Crippen molar-refractivity contribution in [3.63, 3.8) is 0 Å². The van der Waals surface area contributed by atoms with Gasteiger partial charge in [0, 0.05) is 5.92 Å². The number of hydrogen-bond acceptors (Lipinski definition) is 5. The molecule has 0 aliphatic carbocycles. The lowest BCUT2D eigenvalue weighted by molar-refractivity contribution is -0.120. The number of carbonyl (C=O) groups excluding carboxylic acids is 1. The van der Waals surface area contributed by atoms with Crippen molar-refractivity contribution in [2.24, 2.45) is 5.92 Å². The van der Waals surface area contributed by atoms with Crippen molar-refractivity contribution in [3.05, 3.63) is 5.51 Å². The molecule has 1 aromatic rings. The largest absolute Gasteiger partial charge is 0.317 e. The summed E-state index contributed by atoms with van der Waals surface area (Å²) in [5.74, 6) is 0.198. The maximum Gasteiger partial charge on any atom is 0.229 e. The van der Waals surface area contributed by atoms with Crippen LogP contribution in [0.3, 0.4) is 0 Å².